The molecule has 0 aliphatic heterocycles. The molecule has 0 aliphatic rings. The second-order valence-electron chi connectivity index (χ2n) is 8.37. The van der Waals surface area contributed by atoms with Crippen molar-refractivity contribution < 1.29 is 4.79 Å². The average molecular weight is 484 g/mol. The number of benzene rings is 2. The van der Waals surface area contributed by atoms with Gasteiger partial charge in [0.25, 0.3) is 5.56 Å². The monoisotopic (exact) mass is 483 g/mol. The summed E-state index contributed by atoms with van der Waals surface area (Å²) in [5, 5.41) is 13.4. The molecule has 33 heavy (non-hydrogen) atoms. The lowest BCUT2D eigenvalue weighted by molar-refractivity contribution is -0.119. The minimum absolute atomic E-state index is 0.0750. The van der Waals surface area contributed by atoms with Gasteiger partial charge in [-0.05, 0) is 43.0 Å². The van der Waals surface area contributed by atoms with Gasteiger partial charge >= 0.3 is 0 Å². The molecule has 0 bridgehead atoms. The van der Waals surface area contributed by atoms with Crippen LogP contribution in [0.25, 0.3) is 16.7 Å². The first-order valence-electron chi connectivity index (χ1n) is 10.9. The zero-order valence-electron chi connectivity index (χ0n) is 18.8. The highest BCUT2D eigenvalue weighted by Gasteiger charge is 2.18. The molecule has 0 saturated carbocycles. The quantitative estimate of drug-likeness (QED) is 0.367. The molecule has 0 aliphatic carbocycles. The van der Waals surface area contributed by atoms with Crippen LogP contribution in [0.15, 0.2) is 58.5 Å². The van der Waals surface area contributed by atoms with Gasteiger partial charge in [-0.15, -0.1) is 10.2 Å². The van der Waals surface area contributed by atoms with Gasteiger partial charge in [0.15, 0.2) is 5.16 Å². The SMILES string of the molecule is CC(C)CCn1c(=O)c2ccccc2n2c(SCC(=O)NC(C)c3ccccc3Cl)nnc12. The van der Waals surface area contributed by atoms with E-state index >= 15 is 0 Å². The Balaban J connectivity index is 1.60. The van der Waals surface area contributed by atoms with Gasteiger partial charge in [0.2, 0.25) is 11.7 Å². The maximum Gasteiger partial charge on any atom is 0.262 e. The summed E-state index contributed by atoms with van der Waals surface area (Å²) < 4.78 is 3.55. The number of nitrogens with one attached hydrogen (secondary N) is 1. The minimum atomic E-state index is -0.219. The van der Waals surface area contributed by atoms with Crippen molar-refractivity contribution in [3.63, 3.8) is 0 Å². The van der Waals surface area contributed by atoms with Gasteiger partial charge in [-0.25, -0.2) is 0 Å². The highest BCUT2D eigenvalue weighted by atomic mass is 35.5. The van der Waals surface area contributed by atoms with Crippen molar-refractivity contribution in [1.82, 2.24) is 24.5 Å². The lowest BCUT2D eigenvalue weighted by Crippen LogP contribution is -2.28. The Labute approximate surface area is 201 Å². The zero-order valence-corrected chi connectivity index (χ0v) is 20.4. The highest BCUT2D eigenvalue weighted by molar-refractivity contribution is 7.99. The van der Waals surface area contributed by atoms with E-state index in [1.54, 1.807) is 10.6 Å². The molecule has 0 radical (unpaired) electrons. The number of nitrogens with zero attached hydrogens (tertiary/aromatic N) is 4. The molecule has 0 fully saturated rings. The van der Waals surface area contributed by atoms with Crippen LogP contribution in [0.3, 0.4) is 0 Å². The third-order valence-corrected chi connectivity index (χ3v) is 6.76. The summed E-state index contributed by atoms with van der Waals surface area (Å²) in [6.45, 7) is 6.70. The number of aryl methyl sites for hydroxylation is 1. The maximum atomic E-state index is 13.1. The van der Waals surface area contributed by atoms with Crippen LogP contribution in [0.4, 0.5) is 0 Å². The van der Waals surface area contributed by atoms with Crippen LogP contribution in [-0.4, -0.2) is 30.8 Å². The summed E-state index contributed by atoms with van der Waals surface area (Å²) in [6, 6.07) is 14.7. The molecule has 1 unspecified atom stereocenters. The molecule has 0 saturated heterocycles. The molecule has 1 amide bonds. The Morgan fingerprint density at radius 2 is 1.82 bits per heavy atom. The minimum Gasteiger partial charge on any atom is -0.349 e. The predicted octanol–water partition coefficient (Wildman–Crippen LogP) is 4.71. The summed E-state index contributed by atoms with van der Waals surface area (Å²) >= 11 is 7.54. The van der Waals surface area contributed by atoms with Crippen molar-refractivity contribution in [2.45, 2.75) is 44.9 Å². The van der Waals surface area contributed by atoms with Crippen molar-refractivity contribution in [3.05, 3.63) is 69.5 Å². The number of carbonyl (C=O) groups is 1. The maximum absolute atomic E-state index is 13.1. The van der Waals surface area contributed by atoms with E-state index in [0.717, 1.165) is 17.5 Å². The van der Waals surface area contributed by atoms with E-state index in [1.165, 1.54) is 11.8 Å². The fourth-order valence-corrected chi connectivity index (χ4v) is 4.78. The van der Waals surface area contributed by atoms with E-state index in [9.17, 15) is 9.59 Å². The average Bonchev–Trinajstić information content (AvgIpc) is 3.21. The molecule has 172 valence electrons. The molecule has 2 heterocycles. The van der Waals surface area contributed by atoms with E-state index in [4.69, 9.17) is 11.6 Å². The van der Waals surface area contributed by atoms with Gasteiger partial charge in [-0.2, -0.15) is 0 Å². The molecule has 4 aromatic rings. The molecule has 9 heteroatoms. The number of aromatic nitrogens is 4. The van der Waals surface area contributed by atoms with E-state index < -0.39 is 0 Å². The molecule has 4 rings (SSSR count). The van der Waals surface area contributed by atoms with Crippen molar-refractivity contribution in [1.29, 1.82) is 0 Å². The van der Waals surface area contributed by atoms with Gasteiger partial charge in [-0.1, -0.05) is 67.5 Å². The Hall–Kier alpha value is -2.84. The predicted molar refractivity (Wildman–Crippen MR) is 133 cm³/mol. The van der Waals surface area contributed by atoms with E-state index in [0.29, 0.717) is 33.8 Å². The van der Waals surface area contributed by atoms with Crippen molar-refractivity contribution in [3.8, 4) is 0 Å². The van der Waals surface area contributed by atoms with E-state index in [2.05, 4.69) is 29.4 Å². The third kappa shape index (κ3) is 4.91. The van der Waals surface area contributed by atoms with Crippen LogP contribution in [0.1, 0.15) is 38.8 Å². The van der Waals surface area contributed by atoms with Crippen LogP contribution in [0.2, 0.25) is 5.02 Å². The van der Waals surface area contributed by atoms with Crippen LogP contribution < -0.4 is 10.9 Å². The molecule has 7 nitrogen and oxygen atoms in total. The Kier molecular flexibility index (Phi) is 7.05. The van der Waals surface area contributed by atoms with Gasteiger partial charge in [-0.3, -0.25) is 18.6 Å². The number of rotatable bonds is 8. The summed E-state index contributed by atoms with van der Waals surface area (Å²) in [5.74, 6) is 0.965. The molecule has 2 aromatic carbocycles. The van der Waals surface area contributed by atoms with Crippen LogP contribution >= 0.6 is 23.4 Å². The van der Waals surface area contributed by atoms with Gasteiger partial charge < -0.3 is 5.32 Å². The van der Waals surface area contributed by atoms with Crippen LogP contribution in [-0.2, 0) is 11.3 Å². The Morgan fingerprint density at radius 3 is 2.58 bits per heavy atom. The Bertz CT molecular complexity index is 1360. The number of carbonyl (C=O) groups excluding carboxylic acids is 1. The lowest BCUT2D eigenvalue weighted by Gasteiger charge is -2.15. The third-order valence-electron chi connectivity index (χ3n) is 5.49. The molecule has 1 atom stereocenters. The summed E-state index contributed by atoms with van der Waals surface area (Å²) in [5.41, 5.74) is 1.52. The Morgan fingerprint density at radius 1 is 1.09 bits per heavy atom. The highest BCUT2D eigenvalue weighted by Crippen LogP contribution is 2.24. The number of hydrogen-bond acceptors (Lipinski definition) is 5. The lowest BCUT2D eigenvalue weighted by atomic mass is 10.1. The van der Waals surface area contributed by atoms with Gasteiger partial charge in [0.1, 0.15) is 0 Å². The first-order chi connectivity index (χ1) is 15.9. The topological polar surface area (TPSA) is 81.3 Å². The van der Waals surface area contributed by atoms with E-state index in [-0.39, 0.29) is 23.3 Å². The number of hydrogen-bond donors (Lipinski definition) is 1. The molecular weight excluding hydrogens is 458 g/mol. The molecule has 1 N–H and O–H groups in total. The standard InChI is InChI=1S/C24H26ClN5O2S/c1-15(2)12-13-29-22(32)18-9-5-7-11-20(18)30-23(29)27-28-24(30)33-14-21(31)26-16(3)17-8-4-6-10-19(17)25/h4-11,15-16H,12-14H2,1-3H3,(H,26,31). The number of amides is 1. The summed E-state index contributed by atoms with van der Waals surface area (Å²) in [6.07, 6.45) is 0.853. The molecule has 2 aromatic heterocycles. The largest absolute Gasteiger partial charge is 0.349 e. The van der Waals surface area contributed by atoms with Crippen molar-refractivity contribution in [2.75, 3.05) is 5.75 Å². The van der Waals surface area contributed by atoms with Crippen LogP contribution in [0, 0.1) is 5.92 Å². The fraction of sp³-hybridized carbons (Fsp3) is 0.333. The second kappa shape index (κ2) is 9.97. The second-order valence-corrected chi connectivity index (χ2v) is 9.72. The van der Waals surface area contributed by atoms with Crippen molar-refractivity contribution >= 4 is 46.0 Å². The number of fused-ring (bicyclic) bond motifs is 3. The smallest absolute Gasteiger partial charge is 0.262 e. The van der Waals surface area contributed by atoms with Gasteiger partial charge in [0, 0.05) is 11.6 Å². The van der Waals surface area contributed by atoms with Crippen LogP contribution in [0.5, 0.6) is 0 Å². The number of halogens is 1. The number of thioether (sulfide) groups is 1. The number of para-hydroxylation sites is 1. The fourth-order valence-electron chi connectivity index (χ4n) is 3.73. The normalized spacial score (nSPS) is 12.5. The first kappa shape index (κ1) is 23.3. The van der Waals surface area contributed by atoms with Gasteiger partial charge in [0.05, 0.1) is 22.7 Å². The summed E-state index contributed by atoms with van der Waals surface area (Å²) in [4.78, 5) is 25.8. The zero-order chi connectivity index (χ0) is 23.5. The molecular formula is C24H26ClN5O2S. The molecule has 0 spiro atoms. The first-order valence-corrected chi connectivity index (χ1v) is 12.3. The van der Waals surface area contributed by atoms with Crippen molar-refractivity contribution in [2.24, 2.45) is 5.92 Å². The summed E-state index contributed by atoms with van der Waals surface area (Å²) in [7, 11) is 0. The van der Waals surface area contributed by atoms with E-state index in [1.807, 2.05) is 53.8 Å².